The number of amides is 1. The summed E-state index contributed by atoms with van der Waals surface area (Å²) in [4.78, 5) is 18.3. The molecule has 4 rings (SSSR count). The summed E-state index contributed by atoms with van der Waals surface area (Å²) in [7, 11) is 0. The number of nitrogens with zero attached hydrogens (tertiary/aromatic N) is 2. The Balaban J connectivity index is 1.48. The quantitative estimate of drug-likeness (QED) is 0.799. The molecular weight excluding hydrogens is 306 g/mol. The molecule has 0 unspecified atom stereocenters. The molecule has 1 aromatic carbocycles. The van der Waals surface area contributed by atoms with Gasteiger partial charge in [0.2, 0.25) is 0 Å². The van der Waals surface area contributed by atoms with Crippen LogP contribution in [0.1, 0.15) is 33.9 Å². The normalized spacial score (nSPS) is 13.9. The highest BCUT2D eigenvalue weighted by Gasteiger charge is 2.15. The molecule has 2 aromatic heterocycles. The highest BCUT2D eigenvalue weighted by molar-refractivity contribution is 7.09. The van der Waals surface area contributed by atoms with E-state index < -0.39 is 0 Å². The average Bonchev–Trinajstić information content (AvgIpc) is 3.21. The standard InChI is InChI=1S/C18H19N3OS/c22-18(19-9-8-14-4-3-11-23-14)13-6-7-16-15(12-13)20-17-5-1-2-10-21(16)17/h3-4,6-7,11-12H,1-2,5,8-10H2,(H,19,22). The molecule has 1 N–H and O–H groups in total. The number of rotatable bonds is 4. The van der Waals surface area contributed by atoms with Crippen LogP contribution in [0.5, 0.6) is 0 Å². The SMILES string of the molecule is O=C(NCCc1cccs1)c1ccc2c(c1)nc1n2CCCC1. The van der Waals surface area contributed by atoms with Crippen LogP contribution < -0.4 is 5.32 Å². The van der Waals surface area contributed by atoms with E-state index in [2.05, 4.69) is 21.3 Å². The van der Waals surface area contributed by atoms with Gasteiger partial charge in [0.25, 0.3) is 5.91 Å². The van der Waals surface area contributed by atoms with Crippen LogP contribution in [0.3, 0.4) is 0 Å². The van der Waals surface area contributed by atoms with Gasteiger partial charge in [-0.3, -0.25) is 4.79 Å². The highest BCUT2D eigenvalue weighted by Crippen LogP contribution is 2.23. The fraction of sp³-hybridized carbons (Fsp3) is 0.333. The maximum Gasteiger partial charge on any atom is 0.251 e. The Hall–Kier alpha value is -2.14. The first-order valence-corrected chi connectivity index (χ1v) is 8.99. The summed E-state index contributed by atoms with van der Waals surface area (Å²) in [6.07, 6.45) is 4.34. The van der Waals surface area contributed by atoms with E-state index in [1.54, 1.807) is 11.3 Å². The van der Waals surface area contributed by atoms with E-state index >= 15 is 0 Å². The van der Waals surface area contributed by atoms with Crippen molar-refractivity contribution in [1.29, 1.82) is 0 Å². The van der Waals surface area contributed by atoms with Crippen LogP contribution in [0.15, 0.2) is 35.7 Å². The number of fused-ring (bicyclic) bond motifs is 3. The zero-order valence-electron chi connectivity index (χ0n) is 12.9. The molecule has 0 spiro atoms. The van der Waals surface area contributed by atoms with Gasteiger partial charge in [0.15, 0.2) is 0 Å². The van der Waals surface area contributed by atoms with Crippen molar-refractivity contribution in [3.63, 3.8) is 0 Å². The highest BCUT2D eigenvalue weighted by atomic mass is 32.1. The van der Waals surface area contributed by atoms with Crippen molar-refractivity contribution in [2.24, 2.45) is 0 Å². The molecule has 0 saturated heterocycles. The van der Waals surface area contributed by atoms with Crippen LogP contribution in [-0.2, 0) is 19.4 Å². The molecule has 118 valence electrons. The Morgan fingerprint density at radius 1 is 1.30 bits per heavy atom. The van der Waals surface area contributed by atoms with Crippen molar-refractivity contribution in [2.75, 3.05) is 6.54 Å². The Morgan fingerprint density at radius 2 is 2.26 bits per heavy atom. The Morgan fingerprint density at radius 3 is 3.13 bits per heavy atom. The second-order valence-corrected chi connectivity index (χ2v) is 6.96. The zero-order chi connectivity index (χ0) is 15.6. The largest absolute Gasteiger partial charge is 0.352 e. The van der Waals surface area contributed by atoms with Gasteiger partial charge < -0.3 is 9.88 Å². The maximum atomic E-state index is 12.3. The predicted molar refractivity (Wildman–Crippen MR) is 93.0 cm³/mol. The van der Waals surface area contributed by atoms with Crippen molar-refractivity contribution in [3.05, 3.63) is 52.0 Å². The van der Waals surface area contributed by atoms with Gasteiger partial charge in [0.05, 0.1) is 11.0 Å². The molecule has 5 heteroatoms. The minimum atomic E-state index is -0.0190. The maximum absolute atomic E-state index is 12.3. The summed E-state index contributed by atoms with van der Waals surface area (Å²) in [5.41, 5.74) is 2.78. The van der Waals surface area contributed by atoms with Gasteiger partial charge in [0.1, 0.15) is 5.82 Å². The topological polar surface area (TPSA) is 46.9 Å². The number of hydrogen-bond acceptors (Lipinski definition) is 3. The van der Waals surface area contributed by atoms with E-state index in [1.807, 2.05) is 24.3 Å². The zero-order valence-corrected chi connectivity index (χ0v) is 13.7. The monoisotopic (exact) mass is 325 g/mol. The van der Waals surface area contributed by atoms with Crippen LogP contribution >= 0.6 is 11.3 Å². The van der Waals surface area contributed by atoms with Gasteiger partial charge in [-0.2, -0.15) is 0 Å². The summed E-state index contributed by atoms with van der Waals surface area (Å²) in [6, 6.07) is 9.99. The number of hydrogen-bond donors (Lipinski definition) is 1. The molecule has 1 amide bonds. The van der Waals surface area contributed by atoms with Crippen LogP contribution in [0, 0.1) is 0 Å². The molecule has 1 aliphatic rings. The Kier molecular flexibility index (Phi) is 3.87. The minimum absolute atomic E-state index is 0.0190. The Bertz CT molecular complexity index is 835. The van der Waals surface area contributed by atoms with Gasteiger partial charge >= 0.3 is 0 Å². The third kappa shape index (κ3) is 2.88. The smallest absolute Gasteiger partial charge is 0.251 e. The van der Waals surface area contributed by atoms with Gasteiger partial charge in [-0.1, -0.05) is 6.07 Å². The van der Waals surface area contributed by atoms with Crippen LogP contribution in [0.4, 0.5) is 0 Å². The van der Waals surface area contributed by atoms with E-state index in [9.17, 15) is 4.79 Å². The minimum Gasteiger partial charge on any atom is -0.352 e. The number of benzene rings is 1. The number of aryl methyl sites for hydroxylation is 2. The molecule has 23 heavy (non-hydrogen) atoms. The lowest BCUT2D eigenvalue weighted by molar-refractivity contribution is 0.0954. The number of carbonyl (C=O) groups is 1. The second-order valence-electron chi connectivity index (χ2n) is 5.93. The van der Waals surface area contributed by atoms with Gasteiger partial charge in [-0.05, 0) is 48.9 Å². The summed E-state index contributed by atoms with van der Waals surface area (Å²) in [5, 5.41) is 5.06. The molecule has 3 aromatic rings. The number of aromatic nitrogens is 2. The first-order valence-electron chi connectivity index (χ1n) is 8.11. The summed E-state index contributed by atoms with van der Waals surface area (Å²) in [5.74, 6) is 1.14. The molecule has 4 nitrogen and oxygen atoms in total. The number of imidazole rings is 1. The van der Waals surface area contributed by atoms with Crippen molar-refractivity contribution in [2.45, 2.75) is 32.2 Å². The van der Waals surface area contributed by atoms with Crippen molar-refractivity contribution in [3.8, 4) is 0 Å². The Labute approximate surface area is 139 Å². The third-order valence-electron chi connectivity index (χ3n) is 4.36. The third-order valence-corrected chi connectivity index (χ3v) is 5.29. The van der Waals surface area contributed by atoms with E-state index in [1.165, 1.54) is 17.7 Å². The number of carbonyl (C=O) groups excluding carboxylic acids is 1. The van der Waals surface area contributed by atoms with E-state index in [-0.39, 0.29) is 5.91 Å². The molecule has 0 radical (unpaired) electrons. The molecule has 1 aliphatic heterocycles. The first-order chi connectivity index (χ1) is 11.3. The lowest BCUT2D eigenvalue weighted by atomic mass is 10.1. The van der Waals surface area contributed by atoms with Gasteiger partial charge in [0, 0.05) is 30.0 Å². The molecule has 3 heterocycles. The molecule has 0 bridgehead atoms. The molecule has 0 fully saturated rings. The van der Waals surface area contributed by atoms with E-state index in [0.717, 1.165) is 36.2 Å². The first kappa shape index (κ1) is 14.5. The summed E-state index contributed by atoms with van der Waals surface area (Å²) < 4.78 is 2.29. The second kappa shape index (κ2) is 6.16. The molecular formula is C18H19N3OS. The molecule has 0 aliphatic carbocycles. The van der Waals surface area contributed by atoms with Crippen molar-refractivity contribution in [1.82, 2.24) is 14.9 Å². The fourth-order valence-electron chi connectivity index (χ4n) is 3.17. The summed E-state index contributed by atoms with van der Waals surface area (Å²) >= 11 is 1.72. The summed E-state index contributed by atoms with van der Waals surface area (Å²) in [6.45, 7) is 1.70. The van der Waals surface area contributed by atoms with Crippen LogP contribution in [0.25, 0.3) is 11.0 Å². The van der Waals surface area contributed by atoms with Crippen LogP contribution in [-0.4, -0.2) is 22.0 Å². The van der Waals surface area contributed by atoms with E-state index in [0.29, 0.717) is 12.1 Å². The van der Waals surface area contributed by atoms with Crippen LogP contribution in [0.2, 0.25) is 0 Å². The number of thiophene rings is 1. The lowest BCUT2D eigenvalue weighted by Crippen LogP contribution is -2.25. The van der Waals surface area contributed by atoms with E-state index in [4.69, 9.17) is 4.98 Å². The predicted octanol–water partition coefficient (Wildman–Crippen LogP) is 3.41. The van der Waals surface area contributed by atoms with Gasteiger partial charge in [-0.25, -0.2) is 4.98 Å². The number of nitrogens with one attached hydrogen (secondary N) is 1. The fourth-order valence-corrected chi connectivity index (χ4v) is 3.88. The average molecular weight is 325 g/mol. The molecule has 0 saturated carbocycles. The van der Waals surface area contributed by atoms with Crippen molar-refractivity contribution >= 4 is 28.3 Å². The van der Waals surface area contributed by atoms with Gasteiger partial charge in [-0.15, -0.1) is 11.3 Å². The lowest BCUT2D eigenvalue weighted by Gasteiger charge is -2.13. The molecule has 0 atom stereocenters. The van der Waals surface area contributed by atoms with Crippen molar-refractivity contribution < 1.29 is 4.79 Å².